The fourth-order valence-corrected chi connectivity index (χ4v) is 4.30. The molecule has 0 radical (unpaired) electrons. The van der Waals surface area contributed by atoms with Gasteiger partial charge in [0, 0.05) is 15.6 Å². The number of benzene rings is 1. The smallest absolute Gasteiger partial charge is 0.149 e. The van der Waals surface area contributed by atoms with Gasteiger partial charge in [-0.1, -0.05) is 12.8 Å². The number of aromatic nitrogens is 2. The van der Waals surface area contributed by atoms with Crippen LogP contribution in [0.3, 0.4) is 0 Å². The van der Waals surface area contributed by atoms with E-state index in [-0.39, 0.29) is 17.9 Å². The highest BCUT2D eigenvalue weighted by molar-refractivity contribution is 7.17. The van der Waals surface area contributed by atoms with E-state index in [9.17, 15) is 10.2 Å². The molecule has 130 valence electrons. The van der Waals surface area contributed by atoms with Gasteiger partial charge >= 0.3 is 0 Å². The quantitative estimate of drug-likeness (QED) is 0.659. The molecular weight excluding hydrogens is 334 g/mol. The van der Waals surface area contributed by atoms with Gasteiger partial charge in [0.1, 0.15) is 11.6 Å². The number of hydrogen-bond donors (Lipinski definition) is 3. The summed E-state index contributed by atoms with van der Waals surface area (Å²) in [5.41, 5.74) is 2.31. The van der Waals surface area contributed by atoms with Gasteiger partial charge in [0.2, 0.25) is 0 Å². The second-order valence-electron chi connectivity index (χ2n) is 6.66. The zero-order chi connectivity index (χ0) is 17.4. The third kappa shape index (κ3) is 3.07. The molecule has 1 fully saturated rings. The van der Waals surface area contributed by atoms with Gasteiger partial charge in [-0.25, -0.2) is 0 Å². The molecular formula is C19H21N3O2S. The molecule has 5 nitrogen and oxygen atoms in total. The first-order valence-electron chi connectivity index (χ1n) is 8.62. The van der Waals surface area contributed by atoms with E-state index in [4.69, 9.17) is 0 Å². The van der Waals surface area contributed by atoms with Crippen molar-refractivity contribution in [3.63, 3.8) is 0 Å². The highest BCUT2D eigenvalue weighted by Crippen LogP contribution is 2.38. The highest BCUT2D eigenvalue weighted by Gasteiger charge is 2.23. The molecule has 0 amide bonds. The van der Waals surface area contributed by atoms with Crippen LogP contribution in [0, 0.1) is 6.92 Å². The lowest BCUT2D eigenvalue weighted by Gasteiger charge is -2.28. The number of aryl methyl sites for hydroxylation is 1. The second kappa shape index (κ2) is 6.61. The van der Waals surface area contributed by atoms with Gasteiger partial charge in [-0.3, -0.25) is 0 Å². The molecule has 0 saturated heterocycles. The van der Waals surface area contributed by atoms with E-state index >= 15 is 0 Å². The van der Waals surface area contributed by atoms with E-state index in [0.717, 1.165) is 41.3 Å². The lowest BCUT2D eigenvalue weighted by atomic mass is 9.92. The van der Waals surface area contributed by atoms with E-state index in [1.165, 1.54) is 0 Å². The van der Waals surface area contributed by atoms with Crippen LogP contribution in [-0.2, 0) is 0 Å². The Hall–Kier alpha value is -2.18. The van der Waals surface area contributed by atoms with E-state index in [1.807, 2.05) is 36.6 Å². The van der Waals surface area contributed by atoms with E-state index < -0.39 is 0 Å². The molecule has 1 aliphatic rings. The van der Waals surface area contributed by atoms with E-state index in [1.54, 1.807) is 11.3 Å². The van der Waals surface area contributed by atoms with E-state index in [2.05, 4.69) is 15.5 Å². The molecule has 2 atom stereocenters. The van der Waals surface area contributed by atoms with Crippen LogP contribution < -0.4 is 5.32 Å². The number of aliphatic hydroxyl groups excluding tert-OH is 1. The third-order valence-corrected chi connectivity index (χ3v) is 5.79. The monoisotopic (exact) mass is 355 g/mol. The number of phenolic OH excluding ortho intramolecular Hbond substituents is 1. The van der Waals surface area contributed by atoms with Gasteiger partial charge in [0.05, 0.1) is 17.8 Å². The predicted octanol–water partition coefficient (Wildman–Crippen LogP) is 4.09. The number of fused-ring (bicyclic) bond motifs is 1. The Morgan fingerprint density at radius 2 is 2.00 bits per heavy atom. The minimum absolute atomic E-state index is 0.0314. The Morgan fingerprint density at radius 1 is 1.16 bits per heavy atom. The molecule has 1 saturated carbocycles. The molecule has 0 bridgehead atoms. The van der Waals surface area contributed by atoms with E-state index in [0.29, 0.717) is 17.1 Å². The van der Waals surface area contributed by atoms with Gasteiger partial charge in [-0.2, -0.15) is 0 Å². The summed E-state index contributed by atoms with van der Waals surface area (Å²) in [5.74, 6) is 0.919. The standard InChI is InChI=1S/C19H21N3O2S/c1-11-10-17(20-14-4-2-3-5-15(14)23)21-22-18(11)13-6-7-16-12(19(13)24)8-9-25-16/h6-10,14-15,23-24H,2-5H2,1H3,(H,20,21)/t14-,15-/m1/s1. The summed E-state index contributed by atoms with van der Waals surface area (Å²) in [5, 5.41) is 35.4. The second-order valence-corrected chi connectivity index (χ2v) is 7.61. The van der Waals surface area contributed by atoms with Crippen LogP contribution in [0.15, 0.2) is 29.6 Å². The Morgan fingerprint density at radius 3 is 2.80 bits per heavy atom. The number of aliphatic hydroxyl groups is 1. The van der Waals surface area contributed by atoms with Crippen molar-refractivity contribution in [2.75, 3.05) is 5.32 Å². The van der Waals surface area contributed by atoms with Crippen LogP contribution in [0.1, 0.15) is 31.2 Å². The van der Waals surface area contributed by atoms with Crippen molar-refractivity contribution in [1.82, 2.24) is 10.2 Å². The average Bonchev–Trinajstić information content (AvgIpc) is 3.08. The first-order valence-corrected chi connectivity index (χ1v) is 9.50. The lowest BCUT2D eigenvalue weighted by Crippen LogP contribution is -2.36. The maximum absolute atomic E-state index is 10.6. The number of phenols is 1. The number of rotatable bonds is 3. The van der Waals surface area contributed by atoms with Crippen LogP contribution in [0.5, 0.6) is 5.75 Å². The van der Waals surface area contributed by atoms with Crippen molar-refractivity contribution in [2.45, 2.75) is 44.8 Å². The van der Waals surface area contributed by atoms with Crippen LogP contribution in [0.4, 0.5) is 5.82 Å². The Kier molecular flexibility index (Phi) is 4.31. The van der Waals surface area contributed by atoms with Crippen LogP contribution in [-0.4, -0.2) is 32.6 Å². The van der Waals surface area contributed by atoms with Crippen molar-refractivity contribution >= 4 is 27.2 Å². The van der Waals surface area contributed by atoms with Crippen molar-refractivity contribution in [1.29, 1.82) is 0 Å². The van der Waals surface area contributed by atoms with Gasteiger partial charge < -0.3 is 15.5 Å². The van der Waals surface area contributed by atoms with Crippen molar-refractivity contribution < 1.29 is 10.2 Å². The summed E-state index contributed by atoms with van der Waals surface area (Å²) in [6.45, 7) is 1.96. The van der Waals surface area contributed by atoms with Crippen LogP contribution >= 0.6 is 11.3 Å². The summed E-state index contributed by atoms with van der Waals surface area (Å²) < 4.78 is 1.05. The van der Waals surface area contributed by atoms with Crippen LogP contribution in [0.2, 0.25) is 0 Å². The Bertz CT molecular complexity index is 909. The topological polar surface area (TPSA) is 78.3 Å². The molecule has 3 aromatic rings. The maximum Gasteiger partial charge on any atom is 0.149 e. The summed E-state index contributed by atoms with van der Waals surface area (Å²) in [6, 6.07) is 7.77. The Balaban J connectivity index is 1.64. The number of nitrogens with one attached hydrogen (secondary N) is 1. The fourth-order valence-electron chi connectivity index (χ4n) is 3.51. The minimum Gasteiger partial charge on any atom is -0.507 e. The average molecular weight is 355 g/mol. The number of anilines is 1. The highest BCUT2D eigenvalue weighted by atomic mass is 32.1. The molecule has 3 N–H and O–H groups in total. The summed E-state index contributed by atoms with van der Waals surface area (Å²) in [7, 11) is 0. The number of aromatic hydroxyl groups is 1. The maximum atomic E-state index is 10.6. The lowest BCUT2D eigenvalue weighted by molar-refractivity contribution is 0.116. The number of thiophene rings is 1. The molecule has 1 aliphatic carbocycles. The molecule has 0 unspecified atom stereocenters. The SMILES string of the molecule is Cc1cc(N[C@@H]2CCCC[C@H]2O)nnc1-c1ccc2sccc2c1O. The van der Waals surface area contributed by atoms with Crippen molar-refractivity contribution in [2.24, 2.45) is 0 Å². The van der Waals surface area contributed by atoms with Crippen molar-refractivity contribution in [3.8, 4) is 17.0 Å². The molecule has 25 heavy (non-hydrogen) atoms. The van der Waals surface area contributed by atoms with Crippen LogP contribution in [0.25, 0.3) is 21.3 Å². The van der Waals surface area contributed by atoms with Gasteiger partial charge in [-0.15, -0.1) is 21.5 Å². The van der Waals surface area contributed by atoms with Crippen molar-refractivity contribution in [3.05, 3.63) is 35.2 Å². The number of nitrogens with zero attached hydrogens (tertiary/aromatic N) is 2. The first-order chi connectivity index (χ1) is 12.1. The normalized spacial score (nSPS) is 20.7. The van der Waals surface area contributed by atoms with Gasteiger partial charge in [-0.05, 0) is 55.0 Å². The fraction of sp³-hybridized carbons (Fsp3) is 0.368. The summed E-state index contributed by atoms with van der Waals surface area (Å²) in [4.78, 5) is 0. The molecule has 0 spiro atoms. The van der Waals surface area contributed by atoms with Gasteiger partial charge in [0.15, 0.2) is 0 Å². The summed E-state index contributed by atoms with van der Waals surface area (Å²) in [6.07, 6.45) is 3.64. The molecule has 6 heteroatoms. The Labute approximate surface area is 150 Å². The molecule has 2 heterocycles. The zero-order valence-electron chi connectivity index (χ0n) is 14.1. The third-order valence-electron chi connectivity index (χ3n) is 4.91. The molecule has 1 aromatic carbocycles. The minimum atomic E-state index is -0.333. The molecule has 2 aromatic heterocycles. The predicted molar refractivity (Wildman–Crippen MR) is 101 cm³/mol. The molecule has 4 rings (SSSR count). The largest absolute Gasteiger partial charge is 0.507 e. The number of hydrogen-bond acceptors (Lipinski definition) is 6. The van der Waals surface area contributed by atoms with Gasteiger partial charge in [0.25, 0.3) is 0 Å². The molecule has 0 aliphatic heterocycles. The first kappa shape index (κ1) is 16.3. The summed E-state index contributed by atoms with van der Waals surface area (Å²) >= 11 is 1.60. The zero-order valence-corrected chi connectivity index (χ0v) is 14.9.